The molecule has 2 aromatic carbocycles. The summed E-state index contributed by atoms with van der Waals surface area (Å²) in [7, 11) is 0. The number of hydrogen-bond acceptors (Lipinski definition) is 3. The van der Waals surface area contributed by atoms with Crippen LogP contribution in [0.2, 0.25) is 0 Å². The van der Waals surface area contributed by atoms with Crippen molar-refractivity contribution in [2.75, 3.05) is 19.7 Å². The quantitative estimate of drug-likeness (QED) is 0.428. The third-order valence-electron chi connectivity index (χ3n) is 4.39. The average molecular weight is 370 g/mol. The van der Waals surface area contributed by atoms with E-state index in [2.05, 4.69) is 15.6 Å². The molecule has 0 fully saturated rings. The van der Waals surface area contributed by atoms with Crippen molar-refractivity contribution in [3.8, 4) is 5.75 Å². The Balaban J connectivity index is 1.49. The first-order chi connectivity index (χ1) is 13.0. The van der Waals surface area contributed by atoms with Gasteiger partial charge >= 0.3 is 0 Å². The van der Waals surface area contributed by atoms with E-state index in [0.29, 0.717) is 31.2 Å². The lowest BCUT2D eigenvalue weighted by atomic mass is 10.0. The SMILES string of the molecule is Cc1ccc(C(=O)NCCN=C(N)NC2CCOc3ccccc32)cc1F. The minimum absolute atomic E-state index is 0.0452. The van der Waals surface area contributed by atoms with Gasteiger partial charge in [-0.3, -0.25) is 9.79 Å². The Hall–Kier alpha value is -3.09. The summed E-state index contributed by atoms with van der Waals surface area (Å²) in [6.45, 7) is 2.90. The van der Waals surface area contributed by atoms with Gasteiger partial charge in [-0.1, -0.05) is 24.3 Å². The van der Waals surface area contributed by atoms with Crippen molar-refractivity contribution >= 4 is 11.9 Å². The summed E-state index contributed by atoms with van der Waals surface area (Å²) >= 11 is 0. The van der Waals surface area contributed by atoms with Gasteiger partial charge in [-0.05, 0) is 30.7 Å². The average Bonchev–Trinajstić information content (AvgIpc) is 2.67. The number of ether oxygens (including phenoxy) is 1. The Morgan fingerprint density at radius 1 is 1.33 bits per heavy atom. The fourth-order valence-corrected chi connectivity index (χ4v) is 2.90. The third-order valence-corrected chi connectivity index (χ3v) is 4.39. The molecular formula is C20H23FN4O2. The minimum atomic E-state index is -0.397. The van der Waals surface area contributed by atoms with Gasteiger partial charge in [0.25, 0.3) is 5.91 Å². The molecule has 1 atom stereocenters. The van der Waals surface area contributed by atoms with Crippen molar-refractivity contribution < 1.29 is 13.9 Å². The van der Waals surface area contributed by atoms with E-state index in [9.17, 15) is 9.18 Å². The Morgan fingerprint density at radius 2 is 2.15 bits per heavy atom. The standard InChI is InChI=1S/C20H23FN4O2/c1-13-6-7-14(12-16(13)21)19(26)23-9-10-24-20(22)25-17-8-11-27-18-5-3-2-4-15(17)18/h2-7,12,17H,8-11H2,1H3,(H,23,26)(H3,22,24,25). The maximum Gasteiger partial charge on any atom is 0.251 e. The Labute approximate surface area is 157 Å². The van der Waals surface area contributed by atoms with Crippen LogP contribution in [0, 0.1) is 12.7 Å². The number of amides is 1. The van der Waals surface area contributed by atoms with E-state index in [1.165, 1.54) is 6.07 Å². The predicted molar refractivity (Wildman–Crippen MR) is 102 cm³/mol. The van der Waals surface area contributed by atoms with Gasteiger partial charge in [0.2, 0.25) is 0 Å². The maximum atomic E-state index is 13.5. The number of carbonyl (C=O) groups excluding carboxylic acids is 1. The van der Waals surface area contributed by atoms with Gasteiger partial charge in [0, 0.05) is 24.1 Å². The van der Waals surface area contributed by atoms with Crippen LogP contribution in [-0.2, 0) is 0 Å². The number of nitrogens with zero attached hydrogens (tertiary/aromatic N) is 1. The number of rotatable bonds is 5. The van der Waals surface area contributed by atoms with Crippen LogP contribution in [-0.4, -0.2) is 31.6 Å². The predicted octanol–water partition coefficient (Wildman–Crippen LogP) is 2.29. The zero-order valence-corrected chi connectivity index (χ0v) is 15.2. The number of aryl methyl sites for hydroxylation is 1. The Bertz CT molecular complexity index is 854. The van der Waals surface area contributed by atoms with Gasteiger partial charge in [-0.15, -0.1) is 0 Å². The molecule has 4 N–H and O–H groups in total. The lowest BCUT2D eigenvalue weighted by Crippen LogP contribution is -2.38. The highest BCUT2D eigenvalue weighted by Gasteiger charge is 2.21. The number of para-hydroxylation sites is 1. The van der Waals surface area contributed by atoms with Gasteiger partial charge in [0.05, 0.1) is 19.2 Å². The molecule has 27 heavy (non-hydrogen) atoms. The van der Waals surface area contributed by atoms with E-state index in [-0.39, 0.29) is 17.5 Å². The van der Waals surface area contributed by atoms with Crippen LogP contribution in [0.15, 0.2) is 47.5 Å². The fraction of sp³-hybridized carbons (Fsp3) is 0.300. The molecule has 6 nitrogen and oxygen atoms in total. The van der Waals surface area contributed by atoms with E-state index in [1.54, 1.807) is 19.1 Å². The van der Waals surface area contributed by atoms with Gasteiger partial charge in [0.1, 0.15) is 11.6 Å². The van der Waals surface area contributed by atoms with E-state index >= 15 is 0 Å². The molecule has 0 bridgehead atoms. The summed E-state index contributed by atoms with van der Waals surface area (Å²) in [5.41, 5.74) is 7.80. The van der Waals surface area contributed by atoms with Crippen molar-refractivity contribution in [3.63, 3.8) is 0 Å². The van der Waals surface area contributed by atoms with Crippen LogP contribution in [0.25, 0.3) is 0 Å². The van der Waals surface area contributed by atoms with Gasteiger partial charge in [-0.2, -0.15) is 0 Å². The number of halogens is 1. The second-order valence-electron chi connectivity index (χ2n) is 6.36. The Morgan fingerprint density at radius 3 is 2.96 bits per heavy atom. The molecule has 2 aromatic rings. The molecule has 1 unspecified atom stereocenters. The molecule has 0 aromatic heterocycles. The smallest absolute Gasteiger partial charge is 0.251 e. The number of carbonyl (C=O) groups is 1. The summed E-state index contributed by atoms with van der Waals surface area (Å²) in [6, 6.07) is 12.3. The van der Waals surface area contributed by atoms with Gasteiger partial charge in [0.15, 0.2) is 5.96 Å². The highest BCUT2D eigenvalue weighted by atomic mass is 19.1. The number of benzene rings is 2. The van der Waals surface area contributed by atoms with Crippen molar-refractivity contribution in [3.05, 3.63) is 65.0 Å². The zero-order valence-electron chi connectivity index (χ0n) is 15.2. The zero-order chi connectivity index (χ0) is 19.2. The normalized spacial score (nSPS) is 16.2. The minimum Gasteiger partial charge on any atom is -0.493 e. The first-order valence-electron chi connectivity index (χ1n) is 8.87. The molecule has 1 heterocycles. The molecule has 0 radical (unpaired) electrons. The first-order valence-corrected chi connectivity index (χ1v) is 8.87. The summed E-state index contributed by atoms with van der Waals surface area (Å²) in [6.07, 6.45) is 0.795. The highest BCUT2D eigenvalue weighted by molar-refractivity contribution is 5.94. The monoisotopic (exact) mass is 370 g/mol. The summed E-state index contributed by atoms with van der Waals surface area (Å²) < 4.78 is 19.1. The van der Waals surface area contributed by atoms with Crippen LogP contribution in [0.4, 0.5) is 4.39 Å². The molecule has 3 rings (SSSR count). The fourth-order valence-electron chi connectivity index (χ4n) is 2.90. The summed E-state index contributed by atoms with van der Waals surface area (Å²) in [4.78, 5) is 16.3. The Kier molecular flexibility index (Phi) is 5.90. The number of nitrogens with one attached hydrogen (secondary N) is 2. The maximum absolute atomic E-state index is 13.5. The lowest BCUT2D eigenvalue weighted by molar-refractivity contribution is 0.0954. The second kappa shape index (κ2) is 8.53. The van der Waals surface area contributed by atoms with Crippen molar-refractivity contribution in [2.24, 2.45) is 10.7 Å². The molecule has 0 saturated heterocycles. The van der Waals surface area contributed by atoms with Gasteiger partial charge in [-0.25, -0.2) is 4.39 Å². The first kappa shape index (κ1) is 18.7. The number of aliphatic imine (C=N–C) groups is 1. The van der Waals surface area contributed by atoms with E-state index in [4.69, 9.17) is 10.5 Å². The molecule has 0 spiro atoms. The molecular weight excluding hydrogens is 347 g/mol. The van der Waals surface area contributed by atoms with E-state index in [0.717, 1.165) is 17.7 Å². The largest absolute Gasteiger partial charge is 0.493 e. The van der Waals surface area contributed by atoms with Crippen LogP contribution in [0.1, 0.15) is 33.9 Å². The third kappa shape index (κ3) is 4.75. The molecule has 0 saturated carbocycles. The number of hydrogen-bond donors (Lipinski definition) is 3. The second-order valence-corrected chi connectivity index (χ2v) is 6.36. The van der Waals surface area contributed by atoms with Crippen LogP contribution in [0.5, 0.6) is 5.75 Å². The molecule has 1 aliphatic rings. The number of nitrogens with two attached hydrogens (primary N) is 1. The molecule has 142 valence electrons. The van der Waals surface area contributed by atoms with Gasteiger partial charge < -0.3 is 21.1 Å². The van der Waals surface area contributed by atoms with E-state index in [1.807, 2.05) is 24.3 Å². The summed E-state index contributed by atoms with van der Waals surface area (Å²) in [5, 5.41) is 5.90. The van der Waals surface area contributed by atoms with Crippen molar-refractivity contribution in [2.45, 2.75) is 19.4 Å². The van der Waals surface area contributed by atoms with Crippen LogP contribution < -0.4 is 21.1 Å². The lowest BCUT2D eigenvalue weighted by Gasteiger charge is -2.26. The highest BCUT2D eigenvalue weighted by Crippen LogP contribution is 2.31. The van der Waals surface area contributed by atoms with Crippen LogP contribution >= 0.6 is 0 Å². The molecule has 1 aliphatic heterocycles. The van der Waals surface area contributed by atoms with E-state index < -0.39 is 5.82 Å². The molecule has 0 aliphatic carbocycles. The summed E-state index contributed by atoms with van der Waals surface area (Å²) in [5.74, 6) is 0.429. The van der Waals surface area contributed by atoms with Crippen LogP contribution in [0.3, 0.4) is 0 Å². The molecule has 1 amide bonds. The number of guanidine groups is 1. The molecule has 7 heteroatoms. The van der Waals surface area contributed by atoms with Crippen molar-refractivity contribution in [1.29, 1.82) is 0 Å². The number of fused-ring (bicyclic) bond motifs is 1. The van der Waals surface area contributed by atoms with Crippen molar-refractivity contribution in [1.82, 2.24) is 10.6 Å². The topological polar surface area (TPSA) is 88.7 Å².